The van der Waals surface area contributed by atoms with E-state index >= 15 is 0 Å². The monoisotopic (exact) mass is 512 g/mol. The molecule has 13 heteroatoms. The first kappa shape index (κ1) is 29.6. The molecule has 174 valence electrons. The van der Waals surface area contributed by atoms with Crippen molar-refractivity contribution in [2.24, 2.45) is 22.0 Å². The van der Waals surface area contributed by atoms with E-state index in [0.29, 0.717) is 13.1 Å². The van der Waals surface area contributed by atoms with Crippen molar-refractivity contribution in [1.82, 2.24) is 20.7 Å². The molecule has 11 nitrogen and oxygen atoms in total. The fraction of sp³-hybridized carbons (Fsp3) is 0.833. The van der Waals surface area contributed by atoms with Crippen LogP contribution in [0, 0.1) is 15.7 Å². The van der Waals surface area contributed by atoms with Crippen LogP contribution in [0.1, 0.15) is 45.4 Å². The van der Waals surface area contributed by atoms with E-state index in [4.69, 9.17) is 15.7 Å². The molecule has 0 aromatic heterocycles. The van der Waals surface area contributed by atoms with Gasteiger partial charge in [0.15, 0.2) is 0 Å². The maximum absolute atomic E-state index is 11.5. The third kappa shape index (κ3) is 7.93. The number of aliphatic carboxylic acids is 1. The Morgan fingerprint density at radius 2 is 1.29 bits per heavy atom. The number of nitrogens with one attached hydrogen (secondary N) is 2. The molecule has 0 bridgehead atoms. The fourth-order valence-electron chi connectivity index (χ4n) is 4.34. The number of nitrogens with zero attached hydrogens (tertiary/aromatic N) is 3. The molecule has 4 rings (SSSR count). The van der Waals surface area contributed by atoms with Crippen LogP contribution in [-0.2, 0) is 33.9 Å². The minimum absolute atomic E-state index is 0. The first-order chi connectivity index (χ1) is 13.7. The summed E-state index contributed by atoms with van der Waals surface area (Å²) >= 11 is 0. The molecule has 0 aromatic carbocycles. The van der Waals surface area contributed by atoms with Gasteiger partial charge in [0.05, 0.1) is 16.1 Å². The Bertz CT molecular complexity index is 621. The van der Waals surface area contributed by atoms with Gasteiger partial charge in [-0.05, 0) is 38.5 Å². The minimum Gasteiger partial charge on any atom is -0.481 e. The largest absolute Gasteiger partial charge is 0.481 e. The van der Waals surface area contributed by atoms with E-state index in [9.17, 15) is 14.5 Å². The third-order valence-corrected chi connectivity index (χ3v) is 6.31. The van der Waals surface area contributed by atoms with Crippen LogP contribution < -0.4 is 16.5 Å². The number of nitroso groups, excluding NO2 is 1. The zero-order valence-corrected chi connectivity index (χ0v) is 21.9. The van der Waals surface area contributed by atoms with Gasteiger partial charge in [0.1, 0.15) is 0 Å². The summed E-state index contributed by atoms with van der Waals surface area (Å²) in [5.74, 6) is 5.21. The van der Waals surface area contributed by atoms with E-state index < -0.39 is 5.97 Å². The SMILES string of the molecule is CC(=O)O.Cl.NN1CCC2(CCNC2=O)CC1.O=NN1CCC2(CCNC2=O)CC1.[Zn]. The summed E-state index contributed by atoms with van der Waals surface area (Å²) in [6, 6.07) is 0. The fourth-order valence-corrected chi connectivity index (χ4v) is 4.34. The number of carboxylic acids is 1. The molecular weight excluding hydrogens is 481 g/mol. The molecule has 31 heavy (non-hydrogen) atoms. The van der Waals surface area contributed by atoms with Crippen molar-refractivity contribution in [3.8, 4) is 0 Å². The predicted molar refractivity (Wildman–Crippen MR) is 112 cm³/mol. The Hall–Kier alpha value is -1.36. The number of carbonyl (C=O) groups excluding carboxylic acids is 2. The Balaban J connectivity index is 0.000000472. The number of hydrogen-bond donors (Lipinski definition) is 4. The van der Waals surface area contributed by atoms with E-state index in [0.717, 1.165) is 71.6 Å². The van der Waals surface area contributed by atoms with Crippen LogP contribution in [-0.4, -0.2) is 72.2 Å². The summed E-state index contributed by atoms with van der Waals surface area (Å²) in [5, 5.41) is 19.3. The summed E-state index contributed by atoms with van der Waals surface area (Å²) in [5.41, 5.74) is -0.239. The number of hydrazine groups is 1. The van der Waals surface area contributed by atoms with Crippen LogP contribution in [0.2, 0.25) is 0 Å². The summed E-state index contributed by atoms with van der Waals surface area (Å²) in [6.07, 6.45) is 5.30. The topological polar surface area (TPSA) is 157 Å². The average molecular weight is 514 g/mol. The van der Waals surface area contributed by atoms with Gasteiger partial charge < -0.3 is 15.7 Å². The standard InChI is InChI=1S/C8H13N3O2.C8H15N3O.C2H4O2.ClH.Zn/c12-7-8(1-4-9-7)2-5-11(10-13)6-3-8;9-11-5-2-8(3-6-11)1-4-10-7(8)12;1-2(3)4;;/h1-6H2,(H,9,12);1-6,9H2,(H,10,12);1H3,(H,3,4);1H;. The maximum Gasteiger partial charge on any atom is 0.300 e. The van der Waals surface area contributed by atoms with Crippen LogP contribution in [0.4, 0.5) is 0 Å². The maximum atomic E-state index is 11.5. The van der Waals surface area contributed by atoms with Gasteiger partial charge in [0.25, 0.3) is 5.97 Å². The molecule has 0 saturated carbocycles. The van der Waals surface area contributed by atoms with Crippen LogP contribution in [0.15, 0.2) is 5.29 Å². The first-order valence-electron chi connectivity index (χ1n) is 10.1. The van der Waals surface area contributed by atoms with Gasteiger partial charge >= 0.3 is 0 Å². The first-order valence-corrected chi connectivity index (χ1v) is 10.1. The van der Waals surface area contributed by atoms with Gasteiger partial charge in [-0.25, -0.2) is 5.01 Å². The number of nitrogens with two attached hydrogens (primary N) is 1. The Morgan fingerprint density at radius 1 is 0.935 bits per heavy atom. The molecule has 4 aliphatic heterocycles. The molecule has 2 spiro atoms. The van der Waals surface area contributed by atoms with Crippen LogP contribution in [0.3, 0.4) is 0 Å². The van der Waals surface area contributed by atoms with Crippen molar-refractivity contribution in [3.63, 3.8) is 0 Å². The third-order valence-electron chi connectivity index (χ3n) is 6.31. The van der Waals surface area contributed by atoms with Gasteiger partial charge in [-0.3, -0.25) is 25.2 Å². The minimum atomic E-state index is -0.833. The van der Waals surface area contributed by atoms with Gasteiger partial charge in [-0.15, -0.1) is 17.3 Å². The predicted octanol–water partition coefficient (Wildman–Crippen LogP) is 0.242. The van der Waals surface area contributed by atoms with Gasteiger partial charge in [-0.1, -0.05) is 0 Å². The Morgan fingerprint density at radius 3 is 1.58 bits per heavy atom. The summed E-state index contributed by atoms with van der Waals surface area (Å²) < 4.78 is 0. The zero-order valence-electron chi connectivity index (χ0n) is 18.1. The molecule has 4 heterocycles. The molecule has 4 aliphatic rings. The van der Waals surface area contributed by atoms with E-state index in [-0.39, 0.29) is 54.5 Å². The van der Waals surface area contributed by atoms with Gasteiger partial charge in [-0.2, -0.15) is 0 Å². The molecule has 0 aliphatic carbocycles. The van der Waals surface area contributed by atoms with Crippen LogP contribution in [0.5, 0.6) is 0 Å². The quantitative estimate of drug-likeness (QED) is 0.220. The second kappa shape index (κ2) is 13.3. The number of carbonyl (C=O) groups is 3. The zero-order chi connectivity index (χ0) is 21.5. The molecule has 0 atom stereocenters. The van der Waals surface area contributed by atoms with Crippen LogP contribution >= 0.6 is 12.4 Å². The number of hydrogen-bond acceptors (Lipinski definition) is 7. The summed E-state index contributed by atoms with van der Waals surface area (Å²) in [7, 11) is 0. The molecule has 0 unspecified atom stereocenters. The summed E-state index contributed by atoms with van der Waals surface area (Å²) in [6.45, 7) is 5.67. The molecular formula is C18H33ClN6O5Zn. The second-order valence-electron chi connectivity index (χ2n) is 8.16. The smallest absolute Gasteiger partial charge is 0.300 e. The van der Waals surface area contributed by atoms with Crippen molar-refractivity contribution in [1.29, 1.82) is 0 Å². The molecule has 0 aromatic rings. The Kier molecular flexibility index (Phi) is 12.7. The second-order valence-corrected chi connectivity index (χ2v) is 8.16. The van der Waals surface area contributed by atoms with Crippen molar-refractivity contribution < 1.29 is 39.0 Å². The van der Waals surface area contributed by atoms with E-state index in [1.165, 1.54) is 5.01 Å². The number of carboxylic acid groups (broad SMARTS) is 1. The van der Waals surface area contributed by atoms with Crippen molar-refractivity contribution in [2.45, 2.75) is 45.4 Å². The molecule has 4 saturated heterocycles. The van der Waals surface area contributed by atoms with E-state index in [2.05, 4.69) is 15.9 Å². The van der Waals surface area contributed by atoms with E-state index in [1.807, 2.05) is 0 Å². The van der Waals surface area contributed by atoms with Gasteiger partial charge in [0.2, 0.25) is 11.8 Å². The molecule has 5 N–H and O–H groups in total. The molecule has 2 amide bonds. The summed E-state index contributed by atoms with van der Waals surface area (Å²) in [4.78, 5) is 42.2. The number of amides is 2. The number of piperidine rings is 2. The normalized spacial score (nSPS) is 23.1. The van der Waals surface area contributed by atoms with Crippen molar-refractivity contribution in [2.75, 3.05) is 39.3 Å². The number of halogens is 1. The Labute approximate surface area is 201 Å². The van der Waals surface area contributed by atoms with Crippen LogP contribution in [0.25, 0.3) is 0 Å². The average Bonchev–Trinajstić information content (AvgIpc) is 3.22. The van der Waals surface area contributed by atoms with Crippen molar-refractivity contribution in [3.05, 3.63) is 4.91 Å². The molecule has 4 fully saturated rings. The number of rotatable bonds is 1. The van der Waals surface area contributed by atoms with E-state index in [1.54, 1.807) is 5.01 Å². The van der Waals surface area contributed by atoms with Gasteiger partial charge in [0, 0.05) is 65.7 Å². The molecule has 0 radical (unpaired) electrons. The van der Waals surface area contributed by atoms with Crippen molar-refractivity contribution >= 4 is 30.2 Å².